The molecule has 2 aromatic carbocycles. The van der Waals surface area contributed by atoms with Crippen molar-refractivity contribution in [2.45, 2.75) is 26.2 Å². The lowest BCUT2D eigenvalue weighted by molar-refractivity contribution is 0.103. The number of ketones is 1. The second-order valence-corrected chi connectivity index (χ2v) is 7.10. The van der Waals surface area contributed by atoms with Gasteiger partial charge in [-0.25, -0.2) is 0 Å². The minimum absolute atomic E-state index is 0.103. The van der Waals surface area contributed by atoms with Crippen LogP contribution in [0, 0.1) is 0 Å². The highest BCUT2D eigenvalue weighted by Crippen LogP contribution is 2.49. The van der Waals surface area contributed by atoms with Crippen LogP contribution < -0.4 is 9.47 Å². The third-order valence-corrected chi connectivity index (χ3v) is 5.60. The first-order valence-corrected chi connectivity index (χ1v) is 8.47. The van der Waals surface area contributed by atoms with Crippen molar-refractivity contribution in [3.8, 4) is 11.5 Å². The maximum atomic E-state index is 13.0. The Labute approximate surface area is 153 Å². The van der Waals surface area contributed by atoms with Gasteiger partial charge < -0.3 is 9.47 Å². The zero-order valence-corrected chi connectivity index (χ0v) is 15.8. The first-order chi connectivity index (χ1) is 11.8. The van der Waals surface area contributed by atoms with E-state index in [9.17, 15) is 4.79 Å². The van der Waals surface area contributed by atoms with E-state index in [1.54, 1.807) is 38.5 Å². The highest BCUT2D eigenvalue weighted by atomic mass is 35.5. The number of benzene rings is 2. The van der Waals surface area contributed by atoms with Crippen LogP contribution in [-0.2, 0) is 5.41 Å². The average molecular weight is 357 g/mol. The third kappa shape index (κ3) is 2.73. The molecular formula is C21H21ClO3. The number of hydrogen-bond donors (Lipinski definition) is 0. The SMILES string of the molecule is COc1ccc(C(=O)c2cc3c(cc2OC)C(C)(C)C(C)=C3Cl)cc1. The first kappa shape index (κ1) is 17.6. The van der Waals surface area contributed by atoms with E-state index in [0.29, 0.717) is 27.7 Å². The fraction of sp³-hybridized carbons (Fsp3) is 0.286. The fourth-order valence-corrected chi connectivity index (χ4v) is 3.59. The topological polar surface area (TPSA) is 35.5 Å². The molecule has 0 saturated heterocycles. The lowest BCUT2D eigenvalue weighted by Gasteiger charge is -2.23. The Balaban J connectivity index is 2.12. The molecule has 0 spiro atoms. The second-order valence-electron chi connectivity index (χ2n) is 6.72. The van der Waals surface area contributed by atoms with Gasteiger partial charge in [-0.3, -0.25) is 4.79 Å². The van der Waals surface area contributed by atoms with Crippen molar-refractivity contribution in [1.82, 2.24) is 0 Å². The molecule has 3 nitrogen and oxygen atoms in total. The molecule has 0 unspecified atom stereocenters. The summed E-state index contributed by atoms with van der Waals surface area (Å²) < 4.78 is 10.7. The summed E-state index contributed by atoms with van der Waals surface area (Å²) >= 11 is 6.55. The summed E-state index contributed by atoms with van der Waals surface area (Å²) in [5.74, 6) is 1.17. The summed E-state index contributed by atoms with van der Waals surface area (Å²) in [6.07, 6.45) is 0. The van der Waals surface area contributed by atoms with Gasteiger partial charge in [0.25, 0.3) is 0 Å². The van der Waals surface area contributed by atoms with E-state index in [-0.39, 0.29) is 11.2 Å². The molecule has 0 radical (unpaired) electrons. The molecule has 0 N–H and O–H groups in total. The normalized spacial score (nSPS) is 15.1. The molecule has 0 heterocycles. The quantitative estimate of drug-likeness (QED) is 0.706. The lowest BCUT2D eigenvalue weighted by Crippen LogP contribution is -2.16. The first-order valence-electron chi connectivity index (χ1n) is 8.09. The van der Waals surface area contributed by atoms with Crippen LogP contribution in [0.2, 0.25) is 0 Å². The molecular weight excluding hydrogens is 336 g/mol. The van der Waals surface area contributed by atoms with Gasteiger partial charge in [-0.15, -0.1) is 0 Å². The molecule has 1 aliphatic rings. The number of rotatable bonds is 4. The number of carbonyl (C=O) groups excluding carboxylic acids is 1. The van der Waals surface area contributed by atoms with Gasteiger partial charge in [0.15, 0.2) is 5.78 Å². The molecule has 0 aromatic heterocycles. The number of hydrogen-bond acceptors (Lipinski definition) is 3. The van der Waals surface area contributed by atoms with E-state index in [1.165, 1.54) is 0 Å². The van der Waals surface area contributed by atoms with Crippen molar-refractivity contribution in [1.29, 1.82) is 0 Å². The molecule has 3 rings (SSSR count). The van der Waals surface area contributed by atoms with E-state index in [4.69, 9.17) is 21.1 Å². The average Bonchev–Trinajstić information content (AvgIpc) is 2.80. The molecule has 0 saturated carbocycles. The van der Waals surface area contributed by atoms with Crippen LogP contribution in [-0.4, -0.2) is 20.0 Å². The summed E-state index contributed by atoms with van der Waals surface area (Å²) in [5, 5.41) is 0.714. The monoisotopic (exact) mass is 356 g/mol. The zero-order valence-electron chi connectivity index (χ0n) is 15.1. The van der Waals surface area contributed by atoms with Gasteiger partial charge in [0, 0.05) is 16.0 Å². The smallest absolute Gasteiger partial charge is 0.196 e. The van der Waals surface area contributed by atoms with Crippen LogP contribution in [0.1, 0.15) is 47.8 Å². The van der Waals surface area contributed by atoms with Gasteiger partial charge in [0.05, 0.1) is 19.8 Å². The molecule has 0 bridgehead atoms. The van der Waals surface area contributed by atoms with Crippen LogP contribution in [0.4, 0.5) is 0 Å². The fourth-order valence-electron chi connectivity index (χ4n) is 3.20. The Morgan fingerprint density at radius 1 is 1.04 bits per heavy atom. The Kier molecular flexibility index (Phi) is 4.38. The van der Waals surface area contributed by atoms with E-state index in [0.717, 1.165) is 16.7 Å². The molecule has 0 fully saturated rings. The molecule has 25 heavy (non-hydrogen) atoms. The standard InChI is InChI=1S/C21H21ClO3/c1-12-19(22)15-10-16(18(25-5)11-17(15)21(12,2)3)20(23)13-6-8-14(24-4)9-7-13/h6-11H,1-5H3. The van der Waals surface area contributed by atoms with Crippen LogP contribution in [0.25, 0.3) is 5.03 Å². The summed E-state index contributed by atoms with van der Waals surface area (Å²) in [6, 6.07) is 10.8. The van der Waals surface area contributed by atoms with E-state index >= 15 is 0 Å². The molecule has 4 heteroatoms. The number of ether oxygens (including phenoxy) is 2. The summed E-state index contributed by atoms with van der Waals surface area (Å²) in [7, 11) is 3.18. The van der Waals surface area contributed by atoms with Crippen molar-refractivity contribution in [2.75, 3.05) is 14.2 Å². The molecule has 0 amide bonds. The molecule has 0 aliphatic heterocycles. The Hall–Kier alpha value is -2.26. The highest BCUT2D eigenvalue weighted by molar-refractivity contribution is 6.50. The number of halogens is 1. The maximum absolute atomic E-state index is 13.0. The number of carbonyl (C=O) groups is 1. The van der Waals surface area contributed by atoms with Crippen molar-refractivity contribution < 1.29 is 14.3 Å². The van der Waals surface area contributed by atoms with Gasteiger partial charge in [0.1, 0.15) is 11.5 Å². The number of allylic oxidation sites excluding steroid dienone is 1. The third-order valence-electron chi connectivity index (χ3n) is 5.11. The van der Waals surface area contributed by atoms with Crippen molar-refractivity contribution >= 4 is 22.4 Å². The van der Waals surface area contributed by atoms with Crippen LogP contribution in [0.15, 0.2) is 42.0 Å². The summed E-state index contributed by atoms with van der Waals surface area (Å²) in [6.45, 7) is 6.28. The number of methoxy groups -OCH3 is 2. The zero-order chi connectivity index (χ0) is 18.4. The van der Waals surface area contributed by atoms with Crippen LogP contribution in [0.3, 0.4) is 0 Å². The van der Waals surface area contributed by atoms with Crippen LogP contribution in [0.5, 0.6) is 11.5 Å². The van der Waals surface area contributed by atoms with E-state index in [2.05, 4.69) is 13.8 Å². The van der Waals surface area contributed by atoms with Gasteiger partial charge in [-0.05, 0) is 60.0 Å². The Bertz CT molecular complexity index is 877. The minimum atomic E-state index is -0.179. The summed E-state index contributed by atoms with van der Waals surface area (Å²) in [5.41, 5.74) is 3.99. The highest BCUT2D eigenvalue weighted by Gasteiger charge is 2.36. The molecule has 1 aliphatic carbocycles. The van der Waals surface area contributed by atoms with Gasteiger partial charge in [-0.1, -0.05) is 25.4 Å². The molecule has 130 valence electrons. The summed E-state index contributed by atoms with van der Waals surface area (Å²) in [4.78, 5) is 13.0. The van der Waals surface area contributed by atoms with E-state index < -0.39 is 0 Å². The Morgan fingerprint density at radius 3 is 2.24 bits per heavy atom. The molecule has 0 atom stereocenters. The van der Waals surface area contributed by atoms with Crippen molar-refractivity contribution in [2.24, 2.45) is 0 Å². The predicted octanol–water partition coefficient (Wildman–Crippen LogP) is 5.20. The number of fused-ring (bicyclic) bond motifs is 1. The largest absolute Gasteiger partial charge is 0.497 e. The van der Waals surface area contributed by atoms with Gasteiger partial charge in [-0.2, -0.15) is 0 Å². The maximum Gasteiger partial charge on any atom is 0.196 e. The van der Waals surface area contributed by atoms with Crippen molar-refractivity contribution in [3.63, 3.8) is 0 Å². The van der Waals surface area contributed by atoms with Gasteiger partial charge in [0.2, 0.25) is 0 Å². The van der Waals surface area contributed by atoms with E-state index in [1.807, 2.05) is 19.1 Å². The lowest BCUT2D eigenvalue weighted by atomic mass is 9.81. The second kappa shape index (κ2) is 6.23. The Morgan fingerprint density at radius 2 is 1.68 bits per heavy atom. The van der Waals surface area contributed by atoms with Crippen LogP contribution >= 0.6 is 11.6 Å². The van der Waals surface area contributed by atoms with Crippen molar-refractivity contribution in [3.05, 3.63) is 64.2 Å². The van der Waals surface area contributed by atoms with Gasteiger partial charge >= 0.3 is 0 Å². The predicted molar refractivity (Wildman–Crippen MR) is 101 cm³/mol. The minimum Gasteiger partial charge on any atom is -0.497 e. The molecule has 2 aromatic rings.